The number of carbonyl (C=O) groups excluding carboxylic acids is 1. The lowest BCUT2D eigenvalue weighted by atomic mass is 10.0. The second-order valence-electron chi connectivity index (χ2n) is 7.19. The topological polar surface area (TPSA) is 84.9 Å². The lowest BCUT2D eigenvalue weighted by Crippen LogP contribution is -2.35. The molecule has 1 saturated heterocycles. The van der Waals surface area contributed by atoms with Gasteiger partial charge in [0.25, 0.3) is 15.9 Å². The predicted molar refractivity (Wildman–Crippen MR) is 110 cm³/mol. The number of rotatable bonds is 5. The van der Waals surface area contributed by atoms with Gasteiger partial charge in [-0.2, -0.15) is 0 Å². The molecule has 0 radical (unpaired) electrons. The van der Waals surface area contributed by atoms with Gasteiger partial charge in [0.1, 0.15) is 11.9 Å². The number of hydrogen-bond donors (Lipinski definition) is 1. The zero-order valence-electron chi connectivity index (χ0n) is 16.3. The molecule has 4 rings (SSSR count). The maximum Gasteiger partial charge on any atom is 0.264 e. The summed E-state index contributed by atoms with van der Waals surface area (Å²) in [4.78, 5) is 12.6. The fourth-order valence-electron chi connectivity index (χ4n) is 3.75. The highest BCUT2D eigenvalue weighted by atomic mass is 32.2. The van der Waals surface area contributed by atoms with Gasteiger partial charge >= 0.3 is 0 Å². The van der Waals surface area contributed by atoms with Crippen LogP contribution in [0.4, 0.5) is 11.4 Å². The highest BCUT2D eigenvalue weighted by Gasteiger charge is 2.30. The Morgan fingerprint density at radius 1 is 1.17 bits per heavy atom. The largest absolute Gasteiger partial charge is 0.497 e. The van der Waals surface area contributed by atoms with E-state index in [1.807, 2.05) is 12.1 Å². The first-order valence-corrected chi connectivity index (χ1v) is 11.2. The van der Waals surface area contributed by atoms with E-state index in [1.54, 1.807) is 30.3 Å². The third-order valence-corrected chi connectivity index (χ3v) is 7.13. The zero-order valence-corrected chi connectivity index (χ0v) is 17.1. The van der Waals surface area contributed by atoms with Crippen molar-refractivity contribution in [3.05, 3.63) is 48.0 Å². The number of methoxy groups -OCH3 is 1. The lowest BCUT2D eigenvalue weighted by molar-refractivity contribution is -0.124. The molecule has 0 aliphatic carbocycles. The fraction of sp³-hybridized carbons (Fsp3) is 0.381. The van der Waals surface area contributed by atoms with Crippen LogP contribution in [0, 0.1) is 0 Å². The number of nitrogens with zero attached hydrogens (tertiary/aromatic N) is 1. The third kappa shape index (κ3) is 3.95. The average Bonchev–Trinajstić information content (AvgIpc) is 3.28. The molecule has 2 aliphatic rings. The van der Waals surface area contributed by atoms with Crippen LogP contribution in [0.25, 0.3) is 0 Å². The molecule has 0 bridgehead atoms. The first-order chi connectivity index (χ1) is 14.0. The van der Waals surface area contributed by atoms with E-state index in [1.165, 1.54) is 11.4 Å². The smallest absolute Gasteiger partial charge is 0.264 e. The van der Waals surface area contributed by atoms with Crippen LogP contribution in [0.15, 0.2) is 47.4 Å². The van der Waals surface area contributed by atoms with Crippen molar-refractivity contribution in [1.82, 2.24) is 0 Å². The Kier molecular flexibility index (Phi) is 5.47. The molecule has 2 aromatic carbocycles. The average molecular weight is 416 g/mol. The summed E-state index contributed by atoms with van der Waals surface area (Å²) in [7, 11) is -2.18. The Balaban J connectivity index is 1.63. The van der Waals surface area contributed by atoms with Gasteiger partial charge < -0.3 is 14.8 Å². The van der Waals surface area contributed by atoms with Gasteiger partial charge in [-0.1, -0.05) is 6.07 Å². The van der Waals surface area contributed by atoms with Crippen LogP contribution in [0.1, 0.15) is 24.8 Å². The summed E-state index contributed by atoms with van der Waals surface area (Å²) in [6.45, 7) is 0.987. The molecule has 2 aliphatic heterocycles. The van der Waals surface area contributed by atoms with Crippen molar-refractivity contribution in [2.24, 2.45) is 0 Å². The molecule has 7 nitrogen and oxygen atoms in total. The molecular weight excluding hydrogens is 392 g/mol. The van der Waals surface area contributed by atoms with Crippen LogP contribution in [0.2, 0.25) is 0 Å². The number of hydrogen-bond acceptors (Lipinski definition) is 5. The fourth-order valence-corrected chi connectivity index (χ4v) is 5.28. The van der Waals surface area contributed by atoms with Crippen LogP contribution >= 0.6 is 0 Å². The summed E-state index contributed by atoms with van der Waals surface area (Å²) in [5, 5.41) is 2.86. The summed E-state index contributed by atoms with van der Waals surface area (Å²) in [5.74, 6) is 0.407. The minimum absolute atomic E-state index is 0.192. The third-order valence-electron chi connectivity index (χ3n) is 5.30. The summed E-state index contributed by atoms with van der Waals surface area (Å²) in [6, 6.07) is 11.8. The molecule has 1 unspecified atom stereocenters. The van der Waals surface area contributed by atoms with Crippen molar-refractivity contribution in [1.29, 1.82) is 0 Å². The number of anilines is 2. The molecule has 2 heterocycles. The number of amides is 1. The van der Waals surface area contributed by atoms with Crippen LogP contribution in [-0.4, -0.2) is 40.7 Å². The molecule has 1 atom stereocenters. The van der Waals surface area contributed by atoms with Gasteiger partial charge in [-0.05, 0) is 67.6 Å². The Hall–Kier alpha value is -2.58. The SMILES string of the molecule is COc1ccc(S(=O)(=O)N2CCCc3ccc(NC(=O)C4CCCO4)cc32)cc1. The van der Waals surface area contributed by atoms with E-state index < -0.39 is 16.1 Å². The number of fused-ring (bicyclic) bond motifs is 1. The van der Waals surface area contributed by atoms with Crippen molar-refractivity contribution >= 4 is 27.3 Å². The van der Waals surface area contributed by atoms with E-state index in [-0.39, 0.29) is 10.8 Å². The molecule has 0 saturated carbocycles. The van der Waals surface area contributed by atoms with Gasteiger partial charge in [0, 0.05) is 18.8 Å². The molecule has 1 amide bonds. The van der Waals surface area contributed by atoms with E-state index in [0.29, 0.717) is 36.7 Å². The van der Waals surface area contributed by atoms with E-state index in [4.69, 9.17) is 9.47 Å². The van der Waals surface area contributed by atoms with Gasteiger partial charge in [0.05, 0.1) is 17.7 Å². The number of sulfonamides is 1. The number of nitrogens with one attached hydrogen (secondary N) is 1. The first-order valence-electron chi connectivity index (χ1n) is 9.71. The summed E-state index contributed by atoms with van der Waals surface area (Å²) in [5.41, 5.74) is 2.13. The Labute approximate surface area is 170 Å². The molecular formula is C21H24N2O5S. The summed E-state index contributed by atoms with van der Waals surface area (Å²) < 4.78 is 38.5. The number of carbonyl (C=O) groups is 1. The number of benzene rings is 2. The van der Waals surface area contributed by atoms with Crippen LogP contribution in [-0.2, 0) is 26.0 Å². The normalized spacial score (nSPS) is 18.9. The monoisotopic (exact) mass is 416 g/mol. The molecule has 8 heteroatoms. The second-order valence-corrected chi connectivity index (χ2v) is 9.05. The molecule has 1 fully saturated rings. The van der Waals surface area contributed by atoms with Crippen molar-refractivity contribution in [2.75, 3.05) is 29.9 Å². The van der Waals surface area contributed by atoms with Crippen molar-refractivity contribution in [3.63, 3.8) is 0 Å². The molecule has 1 N–H and O–H groups in total. The van der Waals surface area contributed by atoms with Gasteiger partial charge in [-0.15, -0.1) is 0 Å². The second kappa shape index (κ2) is 8.04. The minimum atomic E-state index is -3.72. The highest BCUT2D eigenvalue weighted by Crippen LogP contribution is 2.34. The molecule has 2 aromatic rings. The van der Waals surface area contributed by atoms with Crippen LogP contribution in [0.3, 0.4) is 0 Å². The predicted octanol–water partition coefficient (Wildman–Crippen LogP) is 2.95. The molecule has 29 heavy (non-hydrogen) atoms. The zero-order chi connectivity index (χ0) is 20.4. The summed E-state index contributed by atoms with van der Waals surface area (Å²) in [6.07, 6.45) is 2.67. The Morgan fingerprint density at radius 2 is 1.97 bits per heavy atom. The standard InChI is InChI=1S/C21H24N2O5S/c1-27-17-8-10-18(11-9-17)29(25,26)23-12-2-4-15-6-7-16(14-19(15)23)22-21(24)20-5-3-13-28-20/h6-11,14,20H,2-5,12-13H2,1H3,(H,22,24). The van der Waals surface area contributed by atoms with Gasteiger partial charge in [-0.25, -0.2) is 8.42 Å². The van der Waals surface area contributed by atoms with Crippen LogP contribution < -0.4 is 14.4 Å². The maximum atomic E-state index is 13.3. The maximum absolute atomic E-state index is 13.3. The number of aryl methyl sites for hydroxylation is 1. The van der Waals surface area contributed by atoms with Gasteiger partial charge in [0.2, 0.25) is 0 Å². The van der Waals surface area contributed by atoms with Crippen molar-refractivity contribution < 1.29 is 22.7 Å². The first kappa shape index (κ1) is 19.7. The van der Waals surface area contributed by atoms with Gasteiger partial charge in [0.15, 0.2) is 0 Å². The summed E-state index contributed by atoms with van der Waals surface area (Å²) >= 11 is 0. The van der Waals surface area contributed by atoms with E-state index in [9.17, 15) is 13.2 Å². The highest BCUT2D eigenvalue weighted by molar-refractivity contribution is 7.92. The molecule has 154 valence electrons. The van der Waals surface area contributed by atoms with E-state index in [2.05, 4.69) is 5.32 Å². The van der Waals surface area contributed by atoms with E-state index in [0.717, 1.165) is 24.8 Å². The quantitative estimate of drug-likeness (QED) is 0.810. The Morgan fingerprint density at radius 3 is 2.66 bits per heavy atom. The van der Waals surface area contributed by atoms with Crippen molar-refractivity contribution in [2.45, 2.75) is 36.7 Å². The Bertz CT molecular complexity index is 998. The lowest BCUT2D eigenvalue weighted by Gasteiger charge is -2.31. The minimum Gasteiger partial charge on any atom is -0.497 e. The van der Waals surface area contributed by atoms with Gasteiger partial charge in [-0.3, -0.25) is 9.10 Å². The van der Waals surface area contributed by atoms with Crippen molar-refractivity contribution in [3.8, 4) is 5.75 Å². The molecule has 0 aromatic heterocycles. The van der Waals surface area contributed by atoms with E-state index >= 15 is 0 Å². The molecule has 0 spiro atoms. The number of ether oxygens (including phenoxy) is 2. The van der Waals surface area contributed by atoms with Crippen LogP contribution in [0.5, 0.6) is 5.75 Å².